The van der Waals surface area contributed by atoms with Crippen LogP contribution < -0.4 is 5.32 Å². The monoisotopic (exact) mass is 370 g/mol. The van der Waals surface area contributed by atoms with Crippen LogP contribution in [0.2, 0.25) is 0 Å². The Kier molecular flexibility index (Phi) is 4.65. The second-order valence-corrected chi connectivity index (χ2v) is 6.94. The van der Waals surface area contributed by atoms with Crippen molar-refractivity contribution in [3.05, 3.63) is 30.6 Å². The number of nitrogens with zero attached hydrogens (tertiary/aromatic N) is 7. The number of carbonyl (C=O) groups is 1. The molecule has 0 spiro atoms. The van der Waals surface area contributed by atoms with Gasteiger partial charge in [-0.25, -0.2) is 4.68 Å². The molecule has 0 bridgehead atoms. The molecule has 1 aromatic carbocycles. The van der Waals surface area contributed by atoms with E-state index in [9.17, 15) is 4.79 Å². The first kappa shape index (κ1) is 16.7. The van der Waals surface area contributed by atoms with Crippen LogP contribution in [0.5, 0.6) is 0 Å². The second-order valence-electron chi connectivity index (χ2n) is 6.00. The molecule has 0 unspecified atom stereocenters. The predicted molar refractivity (Wildman–Crippen MR) is 96.6 cm³/mol. The molecule has 26 heavy (non-hydrogen) atoms. The number of hydrogen-bond acceptors (Lipinski definition) is 7. The van der Waals surface area contributed by atoms with Crippen molar-refractivity contribution in [1.29, 1.82) is 0 Å². The van der Waals surface area contributed by atoms with Crippen molar-refractivity contribution in [2.45, 2.75) is 37.5 Å². The molecule has 10 heteroatoms. The third-order valence-corrected chi connectivity index (χ3v) is 4.98. The summed E-state index contributed by atoms with van der Waals surface area (Å²) in [5.74, 6) is 0.929. The summed E-state index contributed by atoms with van der Waals surface area (Å²) < 4.78 is 3.75. The number of anilines is 1. The molecule has 0 aliphatic heterocycles. The highest BCUT2D eigenvalue weighted by molar-refractivity contribution is 7.99. The van der Waals surface area contributed by atoms with Crippen molar-refractivity contribution in [2.75, 3.05) is 11.1 Å². The van der Waals surface area contributed by atoms with Crippen molar-refractivity contribution in [3.8, 4) is 11.4 Å². The van der Waals surface area contributed by atoms with E-state index in [1.165, 1.54) is 11.8 Å². The first-order chi connectivity index (χ1) is 12.7. The van der Waals surface area contributed by atoms with E-state index < -0.39 is 0 Å². The number of hydrogen-bond donors (Lipinski definition) is 1. The van der Waals surface area contributed by atoms with Crippen molar-refractivity contribution >= 4 is 23.4 Å². The quantitative estimate of drug-likeness (QED) is 0.635. The number of rotatable bonds is 7. The molecule has 1 saturated carbocycles. The van der Waals surface area contributed by atoms with Crippen molar-refractivity contribution in [3.63, 3.8) is 0 Å². The van der Waals surface area contributed by atoms with E-state index in [4.69, 9.17) is 0 Å². The van der Waals surface area contributed by atoms with Crippen LogP contribution in [0, 0.1) is 0 Å². The summed E-state index contributed by atoms with van der Waals surface area (Å²) in [7, 11) is 0. The summed E-state index contributed by atoms with van der Waals surface area (Å²) in [5, 5.41) is 23.4. The number of benzene rings is 1. The average Bonchev–Trinajstić information content (AvgIpc) is 3.20. The van der Waals surface area contributed by atoms with Crippen molar-refractivity contribution < 1.29 is 4.79 Å². The predicted octanol–water partition coefficient (Wildman–Crippen LogP) is 2.02. The highest BCUT2D eigenvalue weighted by Crippen LogP contribution is 2.36. The number of carbonyl (C=O) groups excluding carboxylic acids is 1. The third kappa shape index (κ3) is 3.59. The van der Waals surface area contributed by atoms with Gasteiger partial charge in [-0.05, 0) is 42.3 Å². The zero-order chi connectivity index (χ0) is 17.9. The summed E-state index contributed by atoms with van der Waals surface area (Å²) in [4.78, 5) is 12.3. The molecular formula is C16H18N8OS. The van der Waals surface area contributed by atoms with Crippen LogP contribution in [-0.2, 0) is 11.3 Å². The van der Waals surface area contributed by atoms with Gasteiger partial charge in [-0.3, -0.25) is 4.79 Å². The zero-order valence-corrected chi connectivity index (χ0v) is 15.1. The lowest BCUT2D eigenvalue weighted by Gasteiger charge is -2.08. The van der Waals surface area contributed by atoms with Crippen molar-refractivity contribution in [1.82, 2.24) is 35.0 Å². The van der Waals surface area contributed by atoms with E-state index in [1.54, 1.807) is 11.0 Å². The van der Waals surface area contributed by atoms with Crippen LogP contribution in [0.3, 0.4) is 0 Å². The van der Waals surface area contributed by atoms with Crippen LogP contribution in [0.25, 0.3) is 11.4 Å². The molecule has 1 amide bonds. The Morgan fingerprint density at radius 1 is 1.35 bits per heavy atom. The Morgan fingerprint density at radius 3 is 3.04 bits per heavy atom. The number of amides is 1. The molecule has 1 aliphatic carbocycles. The fraction of sp³-hybridized carbons (Fsp3) is 0.375. The lowest BCUT2D eigenvalue weighted by atomic mass is 10.2. The average molecular weight is 370 g/mol. The maximum atomic E-state index is 12.3. The summed E-state index contributed by atoms with van der Waals surface area (Å²) in [6.45, 7) is 2.82. The molecule has 134 valence electrons. The Bertz CT molecular complexity index is 916. The normalized spacial score (nSPS) is 13.7. The maximum absolute atomic E-state index is 12.3. The Hall–Kier alpha value is -2.75. The minimum absolute atomic E-state index is 0.102. The van der Waals surface area contributed by atoms with E-state index in [0.29, 0.717) is 11.2 Å². The van der Waals surface area contributed by atoms with Gasteiger partial charge in [0.05, 0.1) is 11.8 Å². The van der Waals surface area contributed by atoms with Gasteiger partial charge < -0.3 is 9.88 Å². The topological polar surface area (TPSA) is 103 Å². The fourth-order valence-corrected chi connectivity index (χ4v) is 3.35. The van der Waals surface area contributed by atoms with Crippen LogP contribution >= 0.6 is 11.8 Å². The standard InChI is InChI=1S/C16H18N8OS/c1-2-23-10-17-19-15(23)11-4-3-5-12(8-11)18-14(25)9-26-16-20-21-22-24(16)13-6-7-13/h3-5,8,10,13H,2,6-7,9H2,1H3,(H,18,25). The summed E-state index contributed by atoms with van der Waals surface area (Å²) in [5.41, 5.74) is 1.63. The smallest absolute Gasteiger partial charge is 0.234 e. The number of tetrazole rings is 1. The van der Waals surface area contributed by atoms with Crippen LogP contribution in [0.1, 0.15) is 25.8 Å². The molecule has 2 aromatic heterocycles. The first-order valence-electron chi connectivity index (χ1n) is 8.43. The molecular weight excluding hydrogens is 352 g/mol. The molecule has 2 heterocycles. The Morgan fingerprint density at radius 2 is 2.23 bits per heavy atom. The summed E-state index contributed by atoms with van der Waals surface area (Å²) in [6, 6.07) is 7.98. The van der Waals surface area contributed by atoms with E-state index >= 15 is 0 Å². The molecule has 3 aromatic rings. The number of aromatic nitrogens is 7. The largest absolute Gasteiger partial charge is 0.325 e. The van der Waals surface area contributed by atoms with Gasteiger partial charge in [0.2, 0.25) is 11.1 Å². The minimum atomic E-state index is -0.102. The summed E-state index contributed by atoms with van der Waals surface area (Å²) >= 11 is 1.35. The molecule has 0 radical (unpaired) electrons. The van der Waals surface area contributed by atoms with Gasteiger partial charge in [-0.1, -0.05) is 23.9 Å². The Balaban J connectivity index is 1.40. The van der Waals surface area contributed by atoms with Gasteiger partial charge in [0.1, 0.15) is 6.33 Å². The molecule has 4 rings (SSSR count). The lowest BCUT2D eigenvalue weighted by molar-refractivity contribution is -0.113. The number of aryl methyl sites for hydroxylation is 1. The first-order valence-corrected chi connectivity index (χ1v) is 9.42. The van der Waals surface area contributed by atoms with Gasteiger partial charge in [0, 0.05) is 17.8 Å². The molecule has 1 fully saturated rings. The second kappa shape index (κ2) is 7.24. The SMILES string of the molecule is CCn1cnnc1-c1cccc(NC(=O)CSc2nnnn2C2CC2)c1. The molecule has 0 saturated heterocycles. The van der Waals surface area contributed by atoms with Crippen molar-refractivity contribution in [2.24, 2.45) is 0 Å². The van der Waals surface area contributed by atoms with Crippen LogP contribution in [-0.4, -0.2) is 46.6 Å². The van der Waals surface area contributed by atoms with Gasteiger partial charge in [0.25, 0.3) is 0 Å². The van der Waals surface area contributed by atoms with E-state index in [2.05, 4.69) is 31.0 Å². The maximum Gasteiger partial charge on any atom is 0.234 e. The highest BCUT2D eigenvalue weighted by atomic mass is 32.2. The lowest BCUT2D eigenvalue weighted by Crippen LogP contribution is -2.14. The molecule has 1 N–H and O–H groups in total. The molecule has 0 atom stereocenters. The van der Waals surface area contributed by atoms with Gasteiger partial charge in [-0.2, -0.15) is 0 Å². The van der Waals surface area contributed by atoms with E-state index in [-0.39, 0.29) is 11.7 Å². The van der Waals surface area contributed by atoms with Gasteiger partial charge in [0.15, 0.2) is 5.82 Å². The minimum Gasteiger partial charge on any atom is -0.325 e. The van der Waals surface area contributed by atoms with Crippen LogP contribution in [0.15, 0.2) is 35.7 Å². The van der Waals surface area contributed by atoms with Gasteiger partial charge >= 0.3 is 0 Å². The summed E-state index contributed by atoms with van der Waals surface area (Å²) in [6.07, 6.45) is 3.89. The molecule has 9 nitrogen and oxygen atoms in total. The zero-order valence-electron chi connectivity index (χ0n) is 14.2. The van der Waals surface area contributed by atoms with Crippen LogP contribution in [0.4, 0.5) is 5.69 Å². The third-order valence-electron chi connectivity index (χ3n) is 4.05. The van der Waals surface area contributed by atoms with E-state index in [1.807, 2.05) is 35.8 Å². The Labute approximate surface area is 154 Å². The van der Waals surface area contributed by atoms with Gasteiger partial charge in [-0.15, -0.1) is 15.3 Å². The van der Waals surface area contributed by atoms with E-state index in [0.717, 1.165) is 36.5 Å². The highest BCUT2D eigenvalue weighted by Gasteiger charge is 2.28. The number of nitrogens with one attached hydrogen (secondary N) is 1. The molecule has 1 aliphatic rings. The number of thioether (sulfide) groups is 1. The fourth-order valence-electron chi connectivity index (χ4n) is 2.60.